The number of hydrogen-bond acceptors (Lipinski definition) is 3. The van der Waals surface area contributed by atoms with Crippen LogP contribution in [0.3, 0.4) is 0 Å². The molecule has 0 aliphatic heterocycles. The molecule has 0 amide bonds. The number of nitrogens with zero attached hydrogens (tertiary/aromatic N) is 2. The minimum absolute atomic E-state index is 0.0633. The van der Waals surface area contributed by atoms with Crippen LogP contribution >= 0.6 is 22.6 Å². The van der Waals surface area contributed by atoms with Crippen LogP contribution in [0.15, 0.2) is 6.20 Å². The van der Waals surface area contributed by atoms with Crippen molar-refractivity contribution in [2.75, 3.05) is 7.11 Å². The highest BCUT2D eigenvalue weighted by atomic mass is 127. The number of carbonyl (C=O) groups excluding carboxylic acids is 1. The topological polar surface area (TPSA) is 44.1 Å². The Labute approximate surface area is 92.4 Å². The Balaban J connectivity index is 3.00. The normalized spacial score (nSPS) is 10.6. The zero-order valence-electron chi connectivity index (χ0n) is 7.21. The molecule has 0 aliphatic carbocycles. The van der Waals surface area contributed by atoms with E-state index in [2.05, 4.69) is 9.84 Å². The zero-order chi connectivity index (χ0) is 10.7. The Morgan fingerprint density at radius 1 is 1.79 bits per heavy atom. The maximum Gasteiger partial charge on any atom is 0.357 e. The molecular weight excluding hydrogens is 309 g/mol. The lowest BCUT2D eigenvalue weighted by molar-refractivity contribution is 0.0574. The molecule has 1 rings (SSSR count). The van der Waals surface area contributed by atoms with E-state index in [0.29, 0.717) is 3.57 Å². The van der Waals surface area contributed by atoms with Crippen LogP contribution in [0.2, 0.25) is 0 Å². The van der Waals surface area contributed by atoms with Gasteiger partial charge in [0.25, 0.3) is 6.43 Å². The first kappa shape index (κ1) is 11.3. The summed E-state index contributed by atoms with van der Waals surface area (Å²) in [6.07, 6.45) is -1.20. The van der Waals surface area contributed by atoms with Crippen LogP contribution in [0, 0.1) is 3.57 Å². The molecule has 7 heteroatoms. The molecule has 0 radical (unpaired) electrons. The minimum Gasteiger partial charge on any atom is -0.464 e. The molecule has 0 bridgehead atoms. The number of methoxy groups -OCH3 is 1. The Bertz CT molecular complexity index is 340. The zero-order valence-corrected chi connectivity index (χ0v) is 9.36. The molecule has 0 saturated heterocycles. The lowest BCUT2D eigenvalue weighted by Gasteiger charge is -2.04. The number of ether oxygens (including phenoxy) is 1. The predicted octanol–water partition coefficient (Wildman–Crippen LogP) is 1.54. The molecule has 0 atom stereocenters. The highest BCUT2D eigenvalue weighted by molar-refractivity contribution is 14.1. The van der Waals surface area contributed by atoms with Gasteiger partial charge in [-0.3, -0.25) is 4.68 Å². The van der Waals surface area contributed by atoms with Crippen molar-refractivity contribution in [3.8, 4) is 0 Å². The van der Waals surface area contributed by atoms with E-state index in [0.717, 1.165) is 4.68 Å². The number of halogens is 3. The molecule has 14 heavy (non-hydrogen) atoms. The van der Waals surface area contributed by atoms with Gasteiger partial charge in [0.05, 0.1) is 16.9 Å². The maximum absolute atomic E-state index is 12.1. The summed E-state index contributed by atoms with van der Waals surface area (Å²) in [5, 5.41) is 3.65. The fourth-order valence-corrected chi connectivity index (χ4v) is 1.55. The van der Waals surface area contributed by atoms with Gasteiger partial charge in [-0.2, -0.15) is 5.10 Å². The van der Waals surface area contributed by atoms with Crippen molar-refractivity contribution in [2.45, 2.75) is 13.0 Å². The van der Waals surface area contributed by atoms with E-state index in [9.17, 15) is 13.6 Å². The van der Waals surface area contributed by atoms with E-state index < -0.39 is 18.9 Å². The third-order valence-corrected chi connectivity index (χ3v) is 2.27. The molecule has 78 valence electrons. The highest BCUT2D eigenvalue weighted by Gasteiger charge is 2.19. The van der Waals surface area contributed by atoms with Gasteiger partial charge in [0.15, 0.2) is 5.69 Å². The molecule has 0 saturated carbocycles. The van der Waals surface area contributed by atoms with Crippen molar-refractivity contribution in [2.24, 2.45) is 0 Å². The third-order valence-electron chi connectivity index (χ3n) is 1.48. The summed E-state index contributed by atoms with van der Waals surface area (Å²) < 4.78 is 30.0. The molecular formula is C7H7F2IN2O2. The molecule has 0 N–H and O–H groups in total. The van der Waals surface area contributed by atoms with Crippen LogP contribution in [-0.4, -0.2) is 29.3 Å². The predicted molar refractivity (Wildman–Crippen MR) is 52.3 cm³/mol. The Morgan fingerprint density at radius 3 is 2.93 bits per heavy atom. The molecule has 1 aromatic rings. The molecule has 0 aliphatic rings. The average Bonchev–Trinajstić information content (AvgIpc) is 2.45. The molecule has 0 unspecified atom stereocenters. The standard InChI is InChI=1S/C7H7F2IN2O2/c1-14-7(13)6-4(10)2-11-12(6)3-5(8)9/h2,5H,3H2,1H3. The molecule has 0 aromatic carbocycles. The van der Waals surface area contributed by atoms with Crippen LogP contribution in [0.25, 0.3) is 0 Å². The van der Waals surface area contributed by atoms with Gasteiger partial charge in [-0.05, 0) is 22.6 Å². The second kappa shape index (κ2) is 4.67. The van der Waals surface area contributed by atoms with E-state index in [1.54, 1.807) is 0 Å². The first-order chi connectivity index (χ1) is 6.56. The van der Waals surface area contributed by atoms with E-state index in [1.807, 2.05) is 22.6 Å². The molecule has 1 heterocycles. The molecule has 0 fully saturated rings. The summed E-state index contributed by atoms with van der Waals surface area (Å²) in [6, 6.07) is 0. The number of alkyl halides is 2. The van der Waals surface area contributed by atoms with Gasteiger partial charge in [-0.25, -0.2) is 13.6 Å². The number of esters is 1. The van der Waals surface area contributed by atoms with Crippen molar-refractivity contribution in [1.82, 2.24) is 9.78 Å². The van der Waals surface area contributed by atoms with Gasteiger partial charge in [0.2, 0.25) is 0 Å². The van der Waals surface area contributed by atoms with Gasteiger partial charge < -0.3 is 4.74 Å². The summed E-state index contributed by atoms with van der Waals surface area (Å²) in [4.78, 5) is 11.2. The van der Waals surface area contributed by atoms with Crippen molar-refractivity contribution < 1.29 is 18.3 Å². The average molecular weight is 316 g/mol. The third kappa shape index (κ3) is 2.40. The van der Waals surface area contributed by atoms with Gasteiger partial charge >= 0.3 is 5.97 Å². The molecule has 0 spiro atoms. The second-order valence-corrected chi connectivity index (χ2v) is 3.57. The SMILES string of the molecule is COC(=O)c1c(I)cnn1CC(F)F. The Kier molecular flexibility index (Phi) is 3.78. The summed E-state index contributed by atoms with van der Waals surface area (Å²) in [5.74, 6) is -0.660. The summed E-state index contributed by atoms with van der Waals surface area (Å²) >= 11 is 1.84. The van der Waals surface area contributed by atoms with E-state index >= 15 is 0 Å². The second-order valence-electron chi connectivity index (χ2n) is 2.41. The van der Waals surface area contributed by atoms with Crippen LogP contribution < -0.4 is 0 Å². The summed E-state index contributed by atoms with van der Waals surface area (Å²) in [6.45, 7) is -0.604. The van der Waals surface area contributed by atoms with E-state index in [-0.39, 0.29) is 5.69 Å². The smallest absolute Gasteiger partial charge is 0.357 e. The minimum atomic E-state index is -2.55. The quantitative estimate of drug-likeness (QED) is 0.628. The molecule has 1 aromatic heterocycles. The van der Waals surface area contributed by atoms with Crippen molar-refractivity contribution >= 4 is 28.6 Å². The van der Waals surface area contributed by atoms with Crippen molar-refractivity contribution in [3.05, 3.63) is 15.5 Å². The maximum atomic E-state index is 12.1. The fraction of sp³-hybridized carbons (Fsp3) is 0.429. The van der Waals surface area contributed by atoms with Crippen LogP contribution in [0.5, 0.6) is 0 Å². The van der Waals surface area contributed by atoms with E-state index in [4.69, 9.17) is 0 Å². The lowest BCUT2D eigenvalue weighted by atomic mass is 10.4. The van der Waals surface area contributed by atoms with Crippen molar-refractivity contribution in [1.29, 1.82) is 0 Å². The van der Waals surface area contributed by atoms with Crippen LogP contribution in [0.4, 0.5) is 8.78 Å². The van der Waals surface area contributed by atoms with Gasteiger partial charge in [-0.1, -0.05) is 0 Å². The van der Waals surface area contributed by atoms with Crippen LogP contribution in [-0.2, 0) is 11.3 Å². The number of rotatable bonds is 3. The number of aromatic nitrogens is 2. The Morgan fingerprint density at radius 2 is 2.43 bits per heavy atom. The summed E-state index contributed by atoms with van der Waals surface area (Å²) in [5.41, 5.74) is 0.0633. The number of carbonyl (C=O) groups is 1. The first-order valence-electron chi connectivity index (χ1n) is 3.64. The monoisotopic (exact) mass is 316 g/mol. The van der Waals surface area contributed by atoms with Crippen LogP contribution in [0.1, 0.15) is 10.5 Å². The van der Waals surface area contributed by atoms with Crippen molar-refractivity contribution in [3.63, 3.8) is 0 Å². The molecule has 4 nitrogen and oxygen atoms in total. The lowest BCUT2D eigenvalue weighted by Crippen LogP contribution is -2.16. The first-order valence-corrected chi connectivity index (χ1v) is 4.72. The Hall–Kier alpha value is -0.730. The highest BCUT2D eigenvalue weighted by Crippen LogP contribution is 2.13. The summed E-state index contributed by atoms with van der Waals surface area (Å²) in [7, 11) is 1.19. The largest absolute Gasteiger partial charge is 0.464 e. The fourth-order valence-electron chi connectivity index (χ4n) is 0.931. The van der Waals surface area contributed by atoms with Gasteiger partial charge in [0.1, 0.15) is 6.54 Å². The van der Waals surface area contributed by atoms with E-state index in [1.165, 1.54) is 13.3 Å². The van der Waals surface area contributed by atoms with Gasteiger partial charge in [-0.15, -0.1) is 0 Å². The van der Waals surface area contributed by atoms with Gasteiger partial charge in [0, 0.05) is 0 Å². The number of hydrogen-bond donors (Lipinski definition) is 0.